The Balaban J connectivity index is 1.85. The molecule has 1 heteroatoms. The molecule has 2 rings (SSSR count). The maximum absolute atomic E-state index is 11.0. The first kappa shape index (κ1) is 8.28. The average molecular weight is 166 g/mol. The highest BCUT2D eigenvalue weighted by Gasteiger charge is 2.37. The molecule has 0 radical (unpaired) electrons. The third kappa shape index (κ3) is 2.09. The van der Waals surface area contributed by atoms with Crippen molar-refractivity contribution in [2.45, 2.75) is 45.4 Å². The lowest BCUT2D eigenvalue weighted by atomic mass is 9.81. The van der Waals surface area contributed by atoms with Crippen molar-refractivity contribution < 1.29 is 4.79 Å². The van der Waals surface area contributed by atoms with E-state index in [1.54, 1.807) is 0 Å². The van der Waals surface area contributed by atoms with Crippen molar-refractivity contribution >= 4 is 6.29 Å². The number of carbonyl (C=O) groups excluding carboxylic acids is 1. The van der Waals surface area contributed by atoms with E-state index in [4.69, 9.17) is 0 Å². The van der Waals surface area contributed by atoms with Crippen LogP contribution in [0.5, 0.6) is 0 Å². The lowest BCUT2D eigenvalue weighted by Crippen LogP contribution is -2.19. The van der Waals surface area contributed by atoms with Gasteiger partial charge in [-0.05, 0) is 24.7 Å². The summed E-state index contributed by atoms with van der Waals surface area (Å²) < 4.78 is 0. The second-order valence-electron chi connectivity index (χ2n) is 5.07. The van der Waals surface area contributed by atoms with Crippen LogP contribution < -0.4 is 0 Å². The van der Waals surface area contributed by atoms with Gasteiger partial charge in [0, 0.05) is 5.41 Å². The number of carbonyl (C=O) groups is 1. The first-order chi connectivity index (χ1) is 5.72. The Labute approximate surface area is 74.5 Å². The minimum atomic E-state index is 0.0301. The molecule has 2 aliphatic rings. The molecule has 2 saturated carbocycles. The zero-order chi connectivity index (χ0) is 8.60. The van der Waals surface area contributed by atoms with Crippen molar-refractivity contribution in [1.82, 2.24) is 0 Å². The Bertz CT molecular complexity index is 163. The molecule has 12 heavy (non-hydrogen) atoms. The summed E-state index contributed by atoms with van der Waals surface area (Å²) in [7, 11) is 0. The average Bonchev–Trinajstić information content (AvgIpc) is 2.85. The third-order valence-electron chi connectivity index (χ3n) is 3.19. The van der Waals surface area contributed by atoms with E-state index in [-0.39, 0.29) is 5.41 Å². The van der Waals surface area contributed by atoms with Gasteiger partial charge in [-0.25, -0.2) is 0 Å². The van der Waals surface area contributed by atoms with Crippen LogP contribution >= 0.6 is 0 Å². The molecule has 0 spiro atoms. The van der Waals surface area contributed by atoms with Crippen molar-refractivity contribution in [3.05, 3.63) is 0 Å². The van der Waals surface area contributed by atoms with Crippen molar-refractivity contribution in [3.63, 3.8) is 0 Å². The van der Waals surface area contributed by atoms with E-state index < -0.39 is 0 Å². The maximum atomic E-state index is 11.0. The molecule has 68 valence electrons. The molecule has 0 N–H and O–H groups in total. The van der Waals surface area contributed by atoms with Gasteiger partial charge < -0.3 is 4.79 Å². The Hall–Kier alpha value is -0.330. The van der Waals surface area contributed by atoms with Crippen LogP contribution in [-0.4, -0.2) is 6.29 Å². The number of rotatable bonds is 5. The predicted octanol–water partition coefficient (Wildman–Crippen LogP) is 2.79. The van der Waals surface area contributed by atoms with Gasteiger partial charge in [0.05, 0.1) is 0 Å². The molecule has 2 fully saturated rings. The van der Waals surface area contributed by atoms with Crippen molar-refractivity contribution in [1.29, 1.82) is 0 Å². The minimum Gasteiger partial charge on any atom is -0.303 e. The quantitative estimate of drug-likeness (QED) is 0.574. The standard InChI is InChI=1S/C11H18O/c1-11(8-12,6-9-2-3-9)7-10-4-5-10/h8-10H,2-7H2,1H3. The summed E-state index contributed by atoms with van der Waals surface area (Å²) >= 11 is 0. The molecule has 0 aliphatic heterocycles. The first-order valence-electron chi connectivity index (χ1n) is 5.18. The van der Waals surface area contributed by atoms with Crippen LogP contribution in [0.3, 0.4) is 0 Å². The Morgan fingerprint density at radius 1 is 1.17 bits per heavy atom. The molecule has 2 aliphatic carbocycles. The molecular formula is C11H18O. The van der Waals surface area contributed by atoms with E-state index in [0.29, 0.717) is 0 Å². The van der Waals surface area contributed by atoms with E-state index in [2.05, 4.69) is 6.92 Å². The van der Waals surface area contributed by atoms with Crippen LogP contribution in [0, 0.1) is 17.3 Å². The van der Waals surface area contributed by atoms with Gasteiger partial charge in [-0.3, -0.25) is 0 Å². The van der Waals surface area contributed by atoms with E-state index in [0.717, 1.165) is 24.7 Å². The van der Waals surface area contributed by atoms with E-state index in [1.807, 2.05) is 0 Å². The lowest BCUT2D eigenvalue weighted by molar-refractivity contribution is -0.116. The lowest BCUT2D eigenvalue weighted by Gasteiger charge is -2.22. The third-order valence-corrected chi connectivity index (χ3v) is 3.19. The molecule has 0 atom stereocenters. The van der Waals surface area contributed by atoms with E-state index >= 15 is 0 Å². The van der Waals surface area contributed by atoms with Gasteiger partial charge in [-0.1, -0.05) is 32.6 Å². The summed E-state index contributed by atoms with van der Waals surface area (Å²) in [6.07, 6.45) is 9.01. The van der Waals surface area contributed by atoms with Crippen LogP contribution in [0.1, 0.15) is 45.4 Å². The Morgan fingerprint density at radius 2 is 1.58 bits per heavy atom. The molecule has 0 saturated heterocycles. The largest absolute Gasteiger partial charge is 0.303 e. The molecule has 0 bridgehead atoms. The highest BCUT2D eigenvalue weighted by atomic mass is 16.1. The zero-order valence-corrected chi connectivity index (χ0v) is 7.88. The summed E-state index contributed by atoms with van der Waals surface area (Å²) in [6, 6.07) is 0. The molecule has 0 aromatic rings. The monoisotopic (exact) mass is 166 g/mol. The van der Waals surface area contributed by atoms with Gasteiger partial charge in [-0.2, -0.15) is 0 Å². The second kappa shape index (κ2) is 2.86. The van der Waals surface area contributed by atoms with Gasteiger partial charge in [-0.15, -0.1) is 0 Å². The number of aldehydes is 1. The molecular weight excluding hydrogens is 148 g/mol. The SMILES string of the molecule is CC(C=O)(CC1CC1)CC1CC1. The van der Waals surface area contributed by atoms with Crippen LogP contribution in [-0.2, 0) is 4.79 Å². The van der Waals surface area contributed by atoms with Crippen LogP contribution in [0.4, 0.5) is 0 Å². The van der Waals surface area contributed by atoms with Gasteiger partial charge in [0.15, 0.2) is 0 Å². The minimum absolute atomic E-state index is 0.0301. The van der Waals surface area contributed by atoms with Crippen molar-refractivity contribution in [3.8, 4) is 0 Å². The van der Waals surface area contributed by atoms with Crippen LogP contribution in [0.15, 0.2) is 0 Å². The molecule has 0 heterocycles. The fourth-order valence-corrected chi connectivity index (χ4v) is 2.14. The van der Waals surface area contributed by atoms with E-state index in [1.165, 1.54) is 32.0 Å². The molecule has 0 aromatic heterocycles. The summed E-state index contributed by atoms with van der Waals surface area (Å²) in [5, 5.41) is 0. The van der Waals surface area contributed by atoms with Gasteiger partial charge >= 0.3 is 0 Å². The molecule has 0 aromatic carbocycles. The Kier molecular flexibility index (Phi) is 1.97. The fraction of sp³-hybridized carbons (Fsp3) is 0.909. The van der Waals surface area contributed by atoms with Gasteiger partial charge in [0.25, 0.3) is 0 Å². The van der Waals surface area contributed by atoms with Gasteiger partial charge in [0.2, 0.25) is 0 Å². The zero-order valence-electron chi connectivity index (χ0n) is 7.88. The first-order valence-corrected chi connectivity index (χ1v) is 5.18. The fourth-order valence-electron chi connectivity index (χ4n) is 2.14. The summed E-state index contributed by atoms with van der Waals surface area (Å²) in [4.78, 5) is 11.0. The van der Waals surface area contributed by atoms with Crippen LogP contribution in [0.2, 0.25) is 0 Å². The van der Waals surface area contributed by atoms with Crippen LogP contribution in [0.25, 0.3) is 0 Å². The second-order valence-corrected chi connectivity index (χ2v) is 5.07. The summed E-state index contributed by atoms with van der Waals surface area (Å²) in [5.41, 5.74) is 0.0301. The highest BCUT2D eigenvalue weighted by molar-refractivity contribution is 5.58. The molecule has 0 amide bonds. The molecule has 0 unspecified atom stereocenters. The molecule has 1 nitrogen and oxygen atoms in total. The van der Waals surface area contributed by atoms with E-state index in [9.17, 15) is 4.79 Å². The van der Waals surface area contributed by atoms with Crippen molar-refractivity contribution in [2.75, 3.05) is 0 Å². The maximum Gasteiger partial charge on any atom is 0.125 e. The predicted molar refractivity (Wildman–Crippen MR) is 48.9 cm³/mol. The van der Waals surface area contributed by atoms with Gasteiger partial charge in [0.1, 0.15) is 6.29 Å². The number of hydrogen-bond acceptors (Lipinski definition) is 1. The normalized spacial score (nSPS) is 24.1. The smallest absolute Gasteiger partial charge is 0.125 e. The summed E-state index contributed by atoms with van der Waals surface area (Å²) in [5.74, 6) is 1.78. The van der Waals surface area contributed by atoms with Crippen molar-refractivity contribution in [2.24, 2.45) is 17.3 Å². The Morgan fingerprint density at radius 3 is 1.83 bits per heavy atom. The number of hydrogen-bond donors (Lipinski definition) is 0. The highest BCUT2D eigenvalue weighted by Crippen LogP contribution is 2.46. The summed E-state index contributed by atoms with van der Waals surface area (Å²) in [6.45, 7) is 2.15. The topological polar surface area (TPSA) is 17.1 Å².